The van der Waals surface area contributed by atoms with Crippen molar-refractivity contribution in [2.24, 2.45) is 28.6 Å². The average molecular weight is 695 g/mol. The largest absolute Gasteiger partial charge is 0.485 e. The lowest BCUT2D eigenvalue weighted by Gasteiger charge is -2.57. The van der Waals surface area contributed by atoms with Crippen LogP contribution in [0.25, 0.3) is 11.0 Å². The second-order valence-electron chi connectivity index (χ2n) is 16.3. The lowest BCUT2D eigenvalue weighted by atomic mass is 9.47. The Hall–Kier alpha value is -4.20. The number of benzene rings is 2. The molecule has 7 atom stereocenters. The van der Waals surface area contributed by atoms with Crippen LogP contribution in [-0.4, -0.2) is 35.5 Å². The van der Waals surface area contributed by atoms with Crippen molar-refractivity contribution in [2.75, 3.05) is 0 Å². The molecule has 5 aliphatic rings. The SMILES string of the molecule is CC(C)(OC(=O)c1ccccc1)C1Cc2cc3ccc(=O)oc3cc2O1.CCC(=O)OC1CCC2C3CCC4=CC(=O)CCC4(C)C3CCC12C. The molecule has 7 unspecified atom stereocenters. The molecule has 0 radical (unpaired) electrons. The fourth-order valence-corrected chi connectivity index (χ4v) is 10.1. The number of allylic oxidation sites excluding steroid dienone is 1. The molecule has 8 heteroatoms. The molecule has 0 amide bonds. The van der Waals surface area contributed by atoms with E-state index < -0.39 is 11.2 Å². The summed E-state index contributed by atoms with van der Waals surface area (Å²) in [5.74, 6) is 2.68. The Bertz CT molecular complexity index is 1920. The first-order valence-corrected chi connectivity index (χ1v) is 18.8. The number of ether oxygens (including phenoxy) is 3. The maximum atomic E-state index is 12.4. The van der Waals surface area contributed by atoms with E-state index in [-0.39, 0.29) is 35.0 Å². The van der Waals surface area contributed by atoms with Crippen LogP contribution in [0.1, 0.15) is 108 Å². The highest BCUT2D eigenvalue weighted by atomic mass is 16.6. The number of hydrogen-bond acceptors (Lipinski definition) is 8. The fourth-order valence-electron chi connectivity index (χ4n) is 10.1. The topological polar surface area (TPSA) is 109 Å². The highest BCUT2D eigenvalue weighted by molar-refractivity contribution is 5.91. The average Bonchev–Trinajstić information content (AvgIpc) is 3.68. The van der Waals surface area contributed by atoms with Crippen molar-refractivity contribution in [1.82, 2.24) is 0 Å². The van der Waals surface area contributed by atoms with E-state index in [1.54, 1.807) is 36.4 Å². The molecule has 0 saturated heterocycles. The van der Waals surface area contributed by atoms with Gasteiger partial charge in [-0.15, -0.1) is 0 Å². The van der Waals surface area contributed by atoms with Crippen molar-refractivity contribution >= 4 is 28.7 Å². The predicted molar refractivity (Wildman–Crippen MR) is 193 cm³/mol. The molecule has 0 spiro atoms. The highest BCUT2D eigenvalue weighted by Gasteiger charge is 2.60. The molecular weight excluding hydrogens is 644 g/mol. The van der Waals surface area contributed by atoms with Gasteiger partial charge in [0, 0.05) is 42.2 Å². The fraction of sp³-hybridized carbons (Fsp3) is 0.535. The maximum absolute atomic E-state index is 12.4. The number of rotatable bonds is 5. The molecule has 4 aliphatic carbocycles. The van der Waals surface area contributed by atoms with Gasteiger partial charge in [-0.25, -0.2) is 9.59 Å². The number of carbonyl (C=O) groups excluding carboxylic acids is 3. The normalized spacial score (nSPS) is 30.7. The van der Waals surface area contributed by atoms with Gasteiger partial charge in [0.25, 0.3) is 0 Å². The lowest BCUT2D eigenvalue weighted by Crippen LogP contribution is -2.51. The summed E-state index contributed by atoms with van der Waals surface area (Å²) in [6, 6.07) is 15.7. The van der Waals surface area contributed by atoms with Crippen LogP contribution in [0, 0.1) is 28.6 Å². The molecular formula is C43H50O8. The minimum atomic E-state index is -0.820. The Labute approximate surface area is 299 Å². The van der Waals surface area contributed by atoms with Crippen molar-refractivity contribution in [3.05, 3.63) is 87.8 Å². The van der Waals surface area contributed by atoms with Gasteiger partial charge in [-0.3, -0.25) is 9.59 Å². The van der Waals surface area contributed by atoms with E-state index in [1.807, 2.05) is 39.0 Å². The summed E-state index contributed by atoms with van der Waals surface area (Å²) in [5, 5.41) is 0.840. The summed E-state index contributed by atoms with van der Waals surface area (Å²) in [6.07, 6.45) is 11.6. The van der Waals surface area contributed by atoms with Gasteiger partial charge in [-0.05, 0) is 118 Å². The summed E-state index contributed by atoms with van der Waals surface area (Å²) in [7, 11) is 0. The van der Waals surface area contributed by atoms with Crippen LogP contribution in [0.3, 0.4) is 0 Å². The summed E-state index contributed by atoms with van der Waals surface area (Å²) < 4.78 is 22.8. The molecule has 1 aromatic heterocycles. The first kappa shape index (κ1) is 35.2. The van der Waals surface area contributed by atoms with Crippen LogP contribution >= 0.6 is 0 Å². The Morgan fingerprint density at radius 2 is 1.71 bits per heavy atom. The number of hydrogen-bond donors (Lipinski definition) is 0. The first-order valence-electron chi connectivity index (χ1n) is 18.8. The molecule has 3 aromatic rings. The third-order valence-corrected chi connectivity index (χ3v) is 13.1. The van der Waals surface area contributed by atoms with Crippen molar-refractivity contribution in [3.63, 3.8) is 0 Å². The smallest absolute Gasteiger partial charge is 0.338 e. The minimum absolute atomic E-state index is 0.0411. The quantitative estimate of drug-likeness (QED) is 0.193. The highest BCUT2D eigenvalue weighted by Crippen LogP contribution is 2.65. The van der Waals surface area contributed by atoms with Crippen molar-refractivity contribution in [1.29, 1.82) is 0 Å². The van der Waals surface area contributed by atoms with E-state index in [4.69, 9.17) is 18.6 Å². The number of fused-ring (bicyclic) bond motifs is 7. The molecule has 1 aliphatic heterocycles. The van der Waals surface area contributed by atoms with E-state index in [0.717, 1.165) is 49.0 Å². The molecule has 8 nitrogen and oxygen atoms in total. The number of ketones is 1. The van der Waals surface area contributed by atoms with Gasteiger partial charge in [0.1, 0.15) is 29.1 Å². The van der Waals surface area contributed by atoms with Crippen LogP contribution in [0.5, 0.6) is 5.75 Å². The molecule has 3 fully saturated rings. The zero-order chi connectivity index (χ0) is 36.1. The second kappa shape index (κ2) is 13.4. The summed E-state index contributed by atoms with van der Waals surface area (Å²) in [5.41, 5.74) is 2.59. The minimum Gasteiger partial charge on any atom is -0.485 e. The summed E-state index contributed by atoms with van der Waals surface area (Å²) >= 11 is 0. The van der Waals surface area contributed by atoms with Crippen molar-refractivity contribution in [3.8, 4) is 5.75 Å². The molecule has 51 heavy (non-hydrogen) atoms. The van der Waals surface area contributed by atoms with Crippen LogP contribution in [0.2, 0.25) is 0 Å². The summed E-state index contributed by atoms with van der Waals surface area (Å²) in [4.78, 5) is 47.6. The Morgan fingerprint density at radius 1 is 0.922 bits per heavy atom. The van der Waals surface area contributed by atoms with Crippen LogP contribution in [-0.2, 0) is 25.5 Å². The third kappa shape index (κ3) is 6.55. The number of esters is 2. The summed E-state index contributed by atoms with van der Waals surface area (Å²) in [6.45, 7) is 10.4. The van der Waals surface area contributed by atoms with E-state index in [2.05, 4.69) is 13.8 Å². The zero-order valence-electron chi connectivity index (χ0n) is 30.5. The Morgan fingerprint density at radius 3 is 2.47 bits per heavy atom. The second-order valence-corrected chi connectivity index (χ2v) is 16.3. The molecule has 0 N–H and O–H groups in total. The van der Waals surface area contributed by atoms with E-state index >= 15 is 0 Å². The molecule has 3 saturated carbocycles. The van der Waals surface area contributed by atoms with Gasteiger partial charge < -0.3 is 18.6 Å². The van der Waals surface area contributed by atoms with E-state index in [1.165, 1.54) is 30.9 Å². The maximum Gasteiger partial charge on any atom is 0.338 e. The van der Waals surface area contributed by atoms with Crippen LogP contribution in [0.15, 0.2) is 75.5 Å². The molecule has 2 heterocycles. The Kier molecular flexibility index (Phi) is 9.26. The van der Waals surface area contributed by atoms with Gasteiger partial charge in [-0.1, -0.05) is 44.5 Å². The van der Waals surface area contributed by atoms with E-state index in [0.29, 0.717) is 47.4 Å². The molecule has 270 valence electrons. The predicted octanol–water partition coefficient (Wildman–Crippen LogP) is 8.57. The monoisotopic (exact) mass is 694 g/mol. The first-order chi connectivity index (χ1) is 24.3. The zero-order valence-corrected chi connectivity index (χ0v) is 30.5. The lowest BCUT2D eigenvalue weighted by molar-refractivity contribution is -0.159. The van der Waals surface area contributed by atoms with Gasteiger partial charge in [0.2, 0.25) is 0 Å². The van der Waals surface area contributed by atoms with Gasteiger partial charge in [0.05, 0.1) is 5.56 Å². The van der Waals surface area contributed by atoms with Crippen molar-refractivity contribution in [2.45, 2.75) is 117 Å². The third-order valence-electron chi connectivity index (χ3n) is 13.1. The van der Waals surface area contributed by atoms with Gasteiger partial charge in [-0.2, -0.15) is 0 Å². The molecule has 0 bridgehead atoms. The van der Waals surface area contributed by atoms with Gasteiger partial charge in [0.15, 0.2) is 5.78 Å². The standard InChI is InChI=1S/C22H32O3.C21H18O5/c1-4-20(24)25-19-8-7-17-16-6-5-14-13-15(23)9-11-21(14,2)18(16)10-12-22(17,19)3;1-21(2,26-20(23)13-6-4-3-5-7-13)18-11-15-10-14-8-9-19(22)25-16(14)12-17(15)24-18/h13,16-19H,4-12H2,1-3H3;3-10,12,18H,11H2,1-2H3. The van der Waals surface area contributed by atoms with E-state index in [9.17, 15) is 19.2 Å². The van der Waals surface area contributed by atoms with Crippen LogP contribution < -0.4 is 10.4 Å². The molecule has 8 rings (SSSR count). The van der Waals surface area contributed by atoms with Crippen molar-refractivity contribution < 1.29 is 33.0 Å². The van der Waals surface area contributed by atoms with Crippen LogP contribution in [0.4, 0.5) is 0 Å². The van der Waals surface area contributed by atoms with Gasteiger partial charge >= 0.3 is 17.6 Å². The molecule has 2 aromatic carbocycles. The number of carbonyl (C=O) groups is 3. The Balaban J connectivity index is 0.000000159.